The number of rotatable bonds is 4. The van der Waals surface area contributed by atoms with Gasteiger partial charge in [-0.2, -0.15) is 0 Å². The minimum absolute atomic E-state index is 0.168. The van der Waals surface area contributed by atoms with Crippen molar-refractivity contribution in [1.82, 2.24) is 10.3 Å². The first-order valence-electron chi connectivity index (χ1n) is 7.97. The Balaban J connectivity index is 1.80. The molecule has 0 saturated heterocycles. The van der Waals surface area contributed by atoms with Crippen LogP contribution >= 0.6 is 23.8 Å². The summed E-state index contributed by atoms with van der Waals surface area (Å²) in [5, 5.41) is 6.10. The molecule has 2 N–H and O–H groups in total. The number of nitrogens with zero attached hydrogens (tertiary/aromatic N) is 1. The van der Waals surface area contributed by atoms with Gasteiger partial charge in [0.15, 0.2) is 10.3 Å². The first-order valence-corrected chi connectivity index (χ1v) is 8.76. The average Bonchev–Trinajstić information content (AvgIpc) is 2.65. The summed E-state index contributed by atoms with van der Waals surface area (Å²) < 4.78 is 0. The summed E-state index contributed by atoms with van der Waals surface area (Å²) in [7, 11) is 0. The van der Waals surface area contributed by atoms with Crippen LogP contribution in [0.4, 0.5) is 5.69 Å². The lowest BCUT2D eigenvalue weighted by Crippen LogP contribution is -2.38. The fourth-order valence-electron chi connectivity index (χ4n) is 2.60. The van der Waals surface area contributed by atoms with Crippen LogP contribution in [0.15, 0.2) is 79.0 Å². The van der Waals surface area contributed by atoms with E-state index < -0.39 is 5.92 Å². The van der Waals surface area contributed by atoms with Gasteiger partial charge in [-0.1, -0.05) is 72.3 Å². The normalized spacial score (nSPS) is 10.4. The second kappa shape index (κ2) is 8.56. The molecular weight excluding hydrogens is 366 g/mol. The highest BCUT2D eigenvalue weighted by Gasteiger charge is 2.23. The predicted octanol–water partition coefficient (Wildman–Crippen LogP) is 4.38. The quantitative estimate of drug-likeness (QED) is 0.520. The van der Waals surface area contributed by atoms with E-state index in [9.17, 15) is 4.79 Å². The van der Waals surface area contributed by atoms with E-state index in [-0.39, 0.29) is 16.2 Å². The molecule has 3 aromatic rings. The number of carbonyl (C=O) groups excluding carboxylic acids is 1. The third kappa shape index (κ3) is 4.45. The van der Waals surface area contributed by atoms with Crippen LogP contribution in [0.2, 0.25) is 5.15 Å². The van der Waals surface area contributed by atoms with Crippen molar-refractivity contribution in [2.45, 2.75) is 5.92 Å². The maximum absolute atomic E-state index is 12.9. The summed E-state index contributed by atoms with van der Waals surface area (Å²) in [5.41, 5.74) is 2.31. The number of hydrogen-bond donors (Lipinski definition) is 2. The lowest BCUT2D eigenvalue weighted by Gasteiger charge is -2.18. The zero-order valence-corrected chi connectivity index (χ0v) is 15.3. The molecule has 0 unspecified atom stereocenters. The number of pyridine rings is 1. The van der Waals surface area contributed by atoms with Crippen molar-refractivity contribution in [3.8, 4) is 0 Å². The van der Waals surface area contributed by atoms with Gasteiger partial charge >= 0.3 is 0 Å². The zero-order chi connectivity index (χ0) is 18.4. The molecular formula is C20H16ClN3OS. The topological polar surface area (TPSA) is 54.0 Å². The SMILES string of the molecule is O=C(NC(=S)Nc1cccnc1Cl)C(c1ccccc1)c1ccccc1. The van der Waals surface area contributed by atoms with Crippen molar-refractivity contribution in [2.24, 2.45) is 0 Å². The van der Waals surface area contributed by atoms with Crippen LogP contribution in [0.3, 0.4) is 0 Å². The molecule has 0 saturated carbocycles. The predicted molar refractivity (Wildman–Crippen MR) is 108 cm³/mol. The highest BCUT2D eigenvalue weighted by Crippen LogP contribution is 2.25. The van der Waals surface area contributed by atoms with Crippen LogP contribution in [0.5, 0.6) is 0 Å². The van der Waals surface area contributed by atoms with Crippen LogP contribution in [0.1, 0.15) is 17.0 Å². The van der Waals surface area contributed by atoms with E-state index in [0.29, 0.717) is 5.69 Å². The molecule has 26 heavy (non-hydrogen) atoms. The maximum Gasteiger partial charge on any atom is 0.238 e. The van der Waals surface area contributed by atoms with Crippen LogP contribution in [0.25, 0.3) is 0 Å². The van der Waals surface area contributed by atoms with Gasteiger partial charge in [0.2, 0.25) is 5.91 Å². The molecule has 1 amide bonds. The minimum Gasteiger partial charge on any atom is -0.330 e. The van der Waals surface area contributed by atoms with Crippen LogP contribution in [-0.4, -0.2) is 16.0 Å². The monoisotopic (exact) mass is 381 g/mol. The van der Waals surface area contributed by atoms with Crippen molar-refractivity contribution in [2.75, 3.05) is 5.32 Å². The van der Waals surface area contributed by atoms with Gasteiger partial charge in [-0.3, -0.25) is 4.79 Å². The molecule has 0 radical (unpaired) electrons. The van der Waals surface area contributed by atoms with Crippen molar-refractivity contribution in [1.29, 1.82) is 0 Å². The number of nitrogens with one attached hydrogen (secondary N) is 2. The van der Waals surface area contributed by atoms with Gasteiger partial charge in [-0.25, -0.2) is 4.98 Å². The Labute approximate surface area is 162 Å². The molecule has 0 spiro atoms. The molecule has 1 aromatic heterocycles. The molecule has 2 aromatic carbocycles. The molecule has 6 heteroatoms. The number of aromatic nitrogens is 1. The van der Waals surface area contributed by atoms with Crippen molar-refractivity contribution < 1.29 is 4.79 Å². The number of amides is 1. The maximum atomic E-state index is 12.9. The van der Waals surface area contributed by atoms with Crippen LogP contribution in [0, 0.1) is 0 Å². The molecule has 0 bridgehead atoms. The average molecular weight is 382 g/mol. The molecule has 0 fully saturated rings. The number of benzene rings is 2. The third-order valence-electron chi connectivity index (χ3n) is 3.77. The lowest BCUT2D eigenvalue weighted by atomic mass is 9.90. The molecule has 0 aliphatic carbocycles. The van der Waals surface area contributed by atoms with E-state index in [1.165, 1.54) is 0 Å². The van der Waals surface area contributed by atoms with Gasteiger partial charge in [0.25, 0.3) is 0 Å². The second-order valence-electron chi connectivity index (χ2n) is 5.54. The van der Waals surface area contributed by atoms with Gasteiger partial charge in [-0.15, -0.1) is 0 Å². The fraction of sp³-hybridized carbons (Fsp3) is 0.0500. The summed E-state index contributed by atoms with van der Waals surface area (Å²) in [5.74, 6) is -0.693. The van der Waals surface area contributed by atoms with Gasteiger partial charge in [0, 0.05) is 6.20 Å². The number of hydrogen-bond acceptors (Lipinski definition) is 3. The van der Waals surface area contributed by atoms with Crippen molar-refractivity contribution in [3.63, 3.8) is 0 Å². The summed E-state index contributed by atoms with van der Waals surface area (Å²) in [4.78, 5) is 16.9. The summed E-state index contributed by atoms with van der Waals surface area (Å²) in [6, 6.07) is 22.6. The van der Waals surface area contributed by atoms with Crippen molar-refractivity contribution in [3.05, 3.63) is 95.3 Å². The molecule has 1 heterocycles. The molecule has 0 aliphatic heterocycles. The lowest BCUT2D eigenvalue weighted by molar-refractivity contribution is -0.120. The van der Waals surface area contributed by atoms with Crippen molar-refractivity contribution >= 4 is 40.5 Å². The Morgan fingerprint density at radius 2 is 1.50 bits per heavy atom. The number of halogens is 1. The molecule has 0 aliphatic rings. The Morgan fingerprint density at radius 3 is 2.04 bits per heavy atom. The highest BCUT2D eigenvalue weighted by atomic mass is 35.5. The van der Waals surface area contributed by atoms with Gasteiger partial charge in [0.1, 0.15) is 0 Å². The first kappa shape index (κ1) is 18.0. The van der Waals surface area contributed by atoms with E-state index in [0.717, 1.165) is 11.1 Å². The summed E-state index contributed by atoms with van der Waals surface area (Å²) in [6.07, 6.45) is 1.58. The largest absolute Gasteiger partial charge is 0.330 e. The Hall–Kier alpha value is -2.76. The fourth-order valence-corrected chi connectivity index (χ4v) is 2.98. The Bertz CT molecular complexity index is 864. The van der Waals surface area contributed by atoms with E-state index in [1.807, 2.05) is 60.7 Å². The summed E-state index contributed by atoms with van der Waals surface area (Å²) >= 11 is 11.3. The third-order valence-corrected chi connectivity index (χ3v) is 4.28. The first-order chi connectivity index (χ1) is 12.6. The van der Waals surface area contributed by atoms with E-state index in [4.69, 9.17) is 23.8 Å². The van der Waals surface area contributed by atoms with E-state index in [2.05, 4.69) is 15.6 Å². The Morgan fingerprint density at radius 1 is 0.923 bits per heavy atom. The van der Waals surface area contributed by atoms with Gasteiger partial charge in [0.05, 0.1) is 11.6 Å². The number of thiocarbonyl (C=S) groups is 1. The molecule has 3 rings (SSSR count). The van der Waals surface area contributed by atoms with E-state index in [1.54, 1.807) is 18.3 Å². The molecule has 130 valence electrons. The molecule has 0 atom stereocenters. The molecule has 4 nitrogen and oxygen atoms in total. The number of carbonyl (C=O) groups is 1. The second-order valence-corrected chi connectivity index (χ2v) is 6.31. The van der Waals surface area contributed by atoms with Gasteiger partial charge < -0.3 is 10.6 Å². The Kier molecular flexibility index (Phi) is 5.94. The van der Waals surface area contributed by atoms with Gasteiger partial charge in [-0.05, 0) is 35.5 Å². The minimum atomic E-state index is -0.471. The van der Waals surface area contributed by atoms with E-state index >= 15 is 0 Å². The van der Waals surface area contributed by atoms with Crippen LogP contribution in [-0.2, 0) is 4.79 Å². The zero-order valence-electron chi connectivity index (χ0n) is 13.7. The summed E-state index contributed by atoms with van der Waals surface area (Å²) in [6.45, 7) is 0. The smallest absolute Gasteiger partial charge is 0.238 e. The standard InChI is InChI=1S/C20H16ClN3OS/c21-18-16(12-7-13-22-18)23-20(26)24-19(25)17(14-8-3-1-4-9-14)15-10-5-2-6-11-15/h1-13,17H,(H2,23,24,25,26). The number of anilines is 1. The van der Waals surface area contributed by atoms with Crippen LogP contribution < -0.4 is 10.6 Å². The highest BCUT2D eigenvalue weighted by molar-refractivity contribution is 7.80.